The molecule has 0 atom stereocenters. The number of fused-ring (bicyclic) bond motifs is 1. The van der Waals surface area contributed by atoms with Crippen molar-refractivity contribution in [3.8, 4) is 5.75 Å². The lowest BCUT2D eigenvalue weighted by atomic mass is 9.89. The maximum Gasteiger partial charge on any atom is 0.120 e. The van der Waals surface area contributed by atoms with Crippen LogP contribution in [0.5, 0.6) is 5.75 Å². The zero-order chi connectivity index (χ0) is 24.9. The molecule has 1 aliphatic rings. The lowest BCUT2D eigenvalue weighted by molar-refractivity contribution is 0.215. The van der Waals surface area contributed by atoms with Gasteiger partial charge in [-0.2, -0.15) is 5.10 Å². The van der Waals surface area contributed by atoms with Gasteiger partial charge < -0.3 is 14.6 Å². The summed E-state index contributed by atoms with van der Waals surface area (Å²) in [5.74, 6) is 1.52. The lowest BCUT2D eigenvalue weighted by Gasteiger charge is -2.31. The highest BCUT2D eigenvalue weighted by atomic mass is 16.5. The number of rotatable bonds is 9. The summed E-state index contributed by atoms with van der Waals surface area (Å²) in [7, 11) is 0. The fourth-order valence-electron chi connectivity index (χ4n) is 5.44. The van der Waals surface area contributed by atoms with E-state index in [2.05, 4.69) is 100 Å². The van der Waals surface area contributed by atoms with E-state index in [1.165, 1.54) is 46.0 Å². The van der Waals surface area contributed by atoms with Gasteiger partial charge in [0.1, 0.15) is 12.4 Å². The topological polar surface area (TPSA) is 46.1 Å². The average molecular weight is 491 g/mol. The monoisotopic (exact) mass is 490 g/mol. The second kappa shape index (κ2) is 11.1. The molecule has 3 heterocycles. The van der Waals surface area contributed by atoms with Gasteiger partial charge in [-0.3, -0.25) is 4.68 Å². The van der Waals surface area contributed by atoms with Crippen LogP contribution in [-0.2, 0) is 19.6 Å². The van der Waals surface area contributed by atoms with E-state index in [9.17, 15) is 0 Å². The number of nitrogens with zero attached hydrogens (tertiary/aromatic N) is 3. The van der Waals surface area contributed by atoms with E-state index in [-0.39, 0.29) is 0 Å². The van der Waals surface area contributed by atoms with Crippen molar-refractivity contribution < 1.29 is 4.74 Å². The van der Waals surface area contributed by atoms with Crippen molar-refractivity contribution in [2.45, 2.75) is 38.3 Å². The number of H-pyrrole nitrogens is 1. The zero-order valence-electron chi connectivity index (χ0n) is 21.2. The highest BCUT2D eigenvalue weighted by Gasteiger charge is 2.23. The van der Waals surface area contributed by atoms with Crippen LogP contribution in [0, 0.1) is 0 Å². The normalized spacial score (nSPS) is 14.8. The Morgan fingerprint density at radius 1 is 0.865 bits per heavy atom. The fraction of sp³-hybridized carbons (Fsp3) is 0.281. The third-order valence-electron chi connectivity index (χ3n) is 7.55. The molecule has 37 heavy (non-hydrogen) atoms. The van der Waals surface area contributed by atoms with E-state index in [1.807, 2.05) is 16.9 Å². The molecule has 1 saturated heterocycles. The molecular formula is C32H34N4O. The van der Waals surface area contributed by atoms with Crippen LogP contribution in [0.3, 0.4) is 0 Å². The summed E-state index contributed by atoms with van der Waals surface area (Å²) in [6.45, 7) is 4.79. The Labute approximate surface area is 218 Å². The minimum absolute atomic E-state index is 0.586. The molecule has 0 aliphatic carbocycles. The summed E-state index contributed by atoms with van der Waals surface area (Å²) in [5.41, 5.74) is 6.41. The highest BCUT2D eigenvalue weighted by molar-refractivity contribution is 5.85. The van der Waals surface area contributed by atoms with E-state index in [1.54, 1.807) is 0 Å². The number of hydrogen-bond donors (Lipinski definition) is 1. The molecule has 0 amide bonds. The number of piperidine rings is 1. The molecule has 6 rings (SSSR count). The molecule has 0 unspecified atom stereocenters. The number of aromatic nitrogens is 3. The summed E-state index contributed by atoms with van der Waals surface area (Å²) >= 11 is 0. The predicted molar refractivity (Wildman–Crippen MR) is 149 cm³/mol. The Bertz CT molecular complexity index is 1420. The molecule has 188 valence electrons. The second-order valence-corrected chi connectivity index (χ2v) is 10.1. The Hall–Kier alpha value is -3.83. The molecule has 0 saturated carbocycles. The van der Waals surface area contributed by atoms with Crippen molar-refractivity contribution in [2.75, 3.05) is 19.6 Å². The molecule has 1 N–H and O–H groups in total. The molecule has 5 nitrogen and oxygen atoms in total. The third-order valence-corrected chi connectivity index (χ3v) is 7.55. The summed E-state index contributed by atoms with van der Waals surface area (Å²) < 4.78 is 8.16. The van der Waals surface area contributed by atoms with Crippen molar-refractivity contribution in [3.63, 3.8) is 0 Å². The molecular weight excluding hydrogens is 456 g/mol. The first-order valence-electron chi connectivity index (χ1n) is 13.4. The lowest BCUT2D eigenvalue weighted by Crippen LogP contribution is -2.34. The summed E-state index contributed by atoms with van der Waals surface area (Å²) in [5, 5.41) is 5.87. The summed E-state index contributed by atoms with van der Waals surface area (Å²) in [6.07, 6.45) is 9.87. The third kappa shape index (κ3) is 5.78. The van der Waals surface area contributed by atoms with Gasteiger partial charge in [0, 0.05) is 29.8 Å². The molecule has 2 aromatic heterocycles. The minimum atomic E-state index is 0.586. The predicted octanol–water partition coefficient (Wildman–Crippen LogP) is 6.41. The second-order valence-electron chi connectivity index (χ2n) is 10.1. The van der Waals surface area contributed by atoms with Gasteiger partial charge in [0.25, 0.3) is 0 Å². The van der Waals surface area contributed by atoms with Crippen LogP contribution in [0.1, 0.15) is 41.0 Å². The SMILES string of the molecule is c1ccc(COc2ccc3[nH]cc(C4CCN(CCc5cnn(Cc6ccccc6)c5)CC4)c3c2)cc1. The molecule has 3 aromatic carbocycles. The van der Waals surface area contributed by atoms with Crippen molar-refractivity contribution in [1.29, 1.82) is 0 Å². The van der Waals surface area contributed by atoms with E-state index in [4.69, 9.17) is 4.74 Å². The first kappa shape index (κ1) is 23.6. The van der Waals surface area contributed by atoms with Crippen molar-refractivity contribution >= 4 is 10.9 Å². The fourth-order valence-corrected chi connectivity index (χ4v) is 5.44. The van der Waals surface area contributed by atoms with Gasteiger partial charge in [0.15, 0.2) is 0 Å². The smallest absolute Gasteiger partial charge is 0.120 e. The molecule has 5 aromatic rings. The van der Waals surface area contributed by atoms with Gasteiger partial charge in [-0.15, -0.1) is 0 Å². The Kier molecular flexibility index (Phi) is 7.04. The number of nitrogens with one attached hydrogen (secondary N) is 1. The van der Waals surface area contributed by atoms with Crippen molar-refractivity contribution in [1.82, 2.24) is 19.7 Å². The number of likely N-dealkylation sites (tertiary alicyclic amines) is 1. The van der Waals surface area contributed by atoms with Crippen LogP contribution >= 0.6 is 0 Å². The number of ether oxygens (including phenoxy) is 1. The van der Waals surface area contributed by atoms with Crippen LogP contribution in [0.15, 0.2) is 97.5 Å². The Balaban J connectivity index is 1.02. The standard InChI is InChI=1S/C32H34N4O/c1-3-7-25(8-4-1)22-36-23-27(20-34-36)13-16-35-17-14-28(15-18-35)31-21-33-32-12-11-29(19-30(31)32)37-24-26-9-5-2-6-10-26/h1-12,19-21,23,28,33H,13-18,22,24H2. The first-order valence-corrected chi connectivity index (χ1v) is 13.4. The number of aromatic amines is 1. The zero-order valence-corrected chi connectivity index (χ0v) is 21.2. The molecule has 5 heteroatoms. The van der Waals surface area contributed by atoms with E-state index < -0.39 is 0 Å². The number of hydrogen-bond acceptors (Lipinski definition) is 3. The van der Waals surface area contributed by atoms with E-state index >= 15 is 0 Å². The minimum Gasteiger partial charge on any atom is -0.489 e. The summed E-state index contributed by atoms with van der Waals surface area (Å²) in [6, 6.07) is 27.3. The van der Waals surface area contributed by atoms with Crippen LogP contribution in [0.4, 0.5) is 0 Å². The first-order chi connectivity index (χ1) is 18.3. The van der Waals surface area contributed by atoms with Crippen LogP contribution in [0.25, 0.3) is 10.9 Å². The van der Waals surface area contributed by atoms with Gasteiger partial charge in [0.2, 0.25) is 0 Å². The highest BCUT2D eigenvalue weighted by Crippen LogP contribution is 2.35. The molecule has 1 fully saturated rings. The average Bonchev–Trinajstić information content (AvgIpc) is 3.59. The molecule has 0 spiro atoms. The molecule has 0 bridgehead atoms. The largest absolute Gasteiger partial charge is 0.489 e. The molecule has 0 radical (unpaired) electrons. The summed E-state index contributed by atoms with van der Waals surface area (Å²) in [4.78, 5) is 6.09. The van der Waals surface area contributed by atoms with Gasteiger partial charge >= 0.3 is 0 Å². The maximum absolute atomic E-state index is 6.11. The van der Waals surface area contributed by atoms with Gasteiger partial charge in [0.05, 0.1) is 12.7 Å². The van der Waals surface area contributed by atoms with E-state index in [0.29, 0.717) is 12.5 Å². The Morgan fingerprint density at radius 3 is 2.41 bits per heavy atom. The van der Waals surface area contributed by atoms with Crippen LogP contribution < -0.4 is 4.74 Å². The Morgan fingerprint density at radius 2 is 1.62 bits per heavy atom. The van der Waals surface area contributed by atoms with Crippen LogP contribution in [-0.4, -0.2) is 39.3 Å². The van der Waals surface area contributed by atoms with Gasteiger partial charge in [-0.05, 0) is 78.7 Å². The van der Waals surface area contributed by atoms with E-state index in [0.717, 1.165) is 38.3 Å². The molecule has 1 aliphatic heterocycles. The van der Waals surface area contributed by atoms with Crippen molar-refractivity contribution in [3.05, 3.63) is 120 Å². The van der Waals surface area contributed by atoms with Crippen molar-refractivity contribution in [2.24, 2.45) is 0 Å². The maximum atomic E-state index is 6.11. The quantitative estimate of drug-likeness (QED) is 0.260. The van der Waals surface area contributed by atoms with Crippen LogP contribution in [0.2, 0.25) is 0 Å². The number of benzene rings is 3. The van der Waals surface area contributed by atoms with Gasteiger partial charge in [-0.25, -0.2) is 0 Å². The van der Waals surface area contributed by atoms with Gasteiger partial charge in [-0.1, -0.05) is 60.7 Å².